The Hall–Kier alpha value is -0.320. The zero-order valence-corrected chi connectivity index (χ0v) is 10.8. The molecule has 0 saturated carbocycles. The largest absolute Gasteiger partial charge is 0.412 e. The quantitative estimate of drug-likeness (QED) is 0.222. The van der Waals surface area contributed by atoms with Crippen molar-refractivity contribution in [2.75, 3.05) is 65.8 Å². The van der Waals surface area contributed by atoms with Crippen molar-refractivity contribution in [3.05, 3.63) is 0 Å². The van der Waals surface area contributed by atoms with Crippen LogP contribution in [0.4, 0.5) is 0 Å². The van der Waals surface area contributed by atoms with Gasteiger partial charge in [-0.2, -0.15) is 0 Å². The Bertz CT molecular complexity index is 113. The lowest BCUT2D eigenvalue weighted by Crippen LogP contribution is -2.32. The molecule has 8 N–H and O–H groups in total. The van der Waals surface area contributed by atoms with Gasteiger partial charge in [0, 0.05) is 32.7 Å². The Balaban J connectivity index is -0.000000251. The van der Waals surface area contributed by atoms with Crippen LogP contribution in [0, 0.1) is 0 Å². The summed E-state index contributed by atoms with van der Waals surface area (Å²) in [4.78, 5) is 1.79. The Kier molecular flexibility index (Phi) is 27.8. The minimum Gasteiger partial charge on any atom is -0.412 e. The summed E-state index contributed by atoms with van der Waals surface area (Å²) in [5.41, 5.74) is 0. The van der Waals surface area contributed by atoms with E-state index in [0.717, 1.165) is 0 Å². The molecule has 0 heterocycles. The van der Waals surface area contributed by atoms with Crippen molar-refractivity contribution < 1.29 is 31.0 Å². The van der Waals surface area contributed by atoms with Gasteiger partial charge in [0.1, 0.15) is 0 Å². The summed E-state index contributed by atoms with van der Waals surface area (Å²) in [6, 6.07) is 0. The lowest BCUT2D eigenvalue weighted by molar-refractivity contribution is 0.136. The Morgan fingerprint density at radius 3 is 1.17 bits per heavy atom. The highest BCUT2D eigenvalue weighted by Gasteiger charge is 2.00. The topological polar surface area (TPSA) is 148 Å². The Labute approximate surface area is 108 Å². The number of hydrogen-bond donors (Lipinski definition) is 6. The van der Waals surface area contributed by atoms with Crippen LogP contribution in [0.15, 0.2) is 0 Å². The van der Waals surface area contributed by atoms with E-state index >= 15 is 0 Å². The molecule has 0 unspecified atom stereocenters. The van der Waals surface area contributed by atoms with E-state index in [2.05, 4.69) is 5.32 Å². The first-order valence-corrected chi connectivity index (χ1v) is 5.74. The fraction of sp³-hybridized carbons (Fsp3) is 1.00. The minimum absolute atomic E-state index is 0. The van der Waals surface area contributed by atoms with Gasteiger partial charge in [-0.15, -0.1) is 0 Å². The van der Waals surface area contributed by atoms with Crippen LogP contribution in [0.3, 0.4) is 0 Å². The maximum atomic E-state index is 8.48. The van der Waals surface area contributed by atoms with Crippen molar-refractivity contribution in [1.82, 2.24) is 10.2 Å². The maximum Gasteiger partial charge on any atom is 0.0558 e. The monoisotopic (exact) mass is 272 g/mol. The fourth-order valence-corrected chi connectivity index (χ4v) is 1.04. The Morgan fingerprint density at radius 2 is 0.944 bits per heavy atom. The number of hydrogen-bond acceptors (Lipinski definition) is 7. The first kappa shape index (κ1) is 22.8. The highest BCUT2D eigenvalue weighted by molar-refractivity contribution is 4.54. The second-order valence-electron chi connectivity index (χ2n) is 3.21. The van der Waals surface area contributed by atoms with Crippen LogP contribution in [0.2, 0.25) is 0 Å². The molecular weight excluding hydrogens is 244 g/mol. The van der Waals surface area contributed by atoms with Crippen LogP contribution in [0.25, 0.3) is 0 Å². The van der Waals surface area contributed by atoms with E-state index in [9.17, 15) is 0 Å². The molecule has 8 nitrogen and oxygen atoms in total. The predicted octanol–water partition coefficient (Wildman–Crippen LogP) is -4.00. The lowest BCUT2D eigenvalue weighted by atomic mass is 10.4. The van der Waals surface area contributed by atoms with Crippen molar-refractivity contribution in [2.24, 2.45) is 0 Å². The number of nitrogens with zero attached hydrogens (tertiary/aromatic N) is 1. The van der Waals surface area contributed by atoms with Gasteiger partial charge in [-0.3, -0.25) is 4.90 Å². The third kappa shape index (κ3) is 21.0. The third-order valence-electron chi connectivity index (χ3n) is 1.83. The number of rotatable bonds is 10. The van der Waals surface area contributed by atoms with Gasteiger partial charge in [-0.25, -0.2) is 0 Å². The summed E-state index contributed by atoms with van der Waals surface area (Å²) in [5, 5.41) is 44.5. The summed E-state index contributed by atoms with van der Waals surface area (Å²) in [7, 11) is 0. The molecule has 8 heteroatoms. The second-order valence-corrected chi connectivity index (χ2v) is 3.21. The van der Waals surface area contributed by atoms with Gasteiger partial charge < -0.3 is 36.3 Å². The lowest BCUT2D eigenvalue weighted by Gasteiger charge is -2.17. The highest BCUT2D eigenvalue weighted by atomic mass is 16.3. The highest BCUT2D eigenvalue weighted by Crippen LogP contribution is 1.84. The number of nitrogens with one attached hydrogen (secondary N) is 1. The van der Waals surface area contributed by atoms with Gasteiger partial charge in [0.05, 0.1) is 33.0 Å². The van der Waals surface area contributed by atoms with E-state index in [0.29, 0.717) is 32.7 Å². The van der Waals surface area contributed by atoms with Crippen LogP contribution in [0.5, 0.6) is 0 Å². The van der Waals surface area contributed by atoms with Crippen molar-refractivity contribution in [2.45, 2.75) is 0 Å². The van der Waals surface area contributed by atoms with Crippen molar-refractivity contribution in [1.29, 1.82) is 0 Å². The third-order valence-corrected chi connectivity index (χ3v) is 1.83. The Morgan fingerprint density at radius 1 is 0.611 bits per heavy atom. The maximum absolute atomic E-state index is 8.48. The van der Waals surface area contributed by atoms with E-state index in [-0.39, 0.29) is 38.5 Å². The van der Waals surface area contributed by atoms with Crippen LogP contribution < -0.4 is 5.32 Å². The first-order valence-electron chi connectivity index (χ1n) is 5.74. The van der Waals surface area contributed by atoms with Crippen LogP contribution in [-0.2, 0) is 0 Å². The normalized spacial score (nSPS) is 9.67. The second kappa shape index (κ2) is 21.9. The summed E-state index contributed by atoms with van der Waals surface area (Å²) in [6.07, 6.45) is 0. The molecule has 0 aliphatic rings. The molecule has 0 spiro atoms. The van der Waals surface area contributed by atoms with Gasteiger partial charge >= 0.3 is 0 Å². The van der Waals surface area contributed by atoms with Gasteiger partial charge in [0.2, 0.25) is 0 Å². The summed E-state index contributed by atoms with van der Waals surface area (Å²) in [5.74, 6) is 0. The molecular formula is C10H28N2O6. The summed E-state index contributed by atoms with van der Waals surface area (Å²) < 4.78 is 0. The molecule has 0 bridgehead atoms. The molecule has 0 fully saturated rings. The van der Waals surface area contributed by atoms with E-state index in [1.807, 2.05) is 0 Å². The van der Waals surface area contributed by atoms with Crippen molar-refractivity contribution >= 4 is 0 Å². The molecule has 0 aliphatic carbocycles. The predicted molar refractivity (Wildman–Crippen MR) is 68.4 cm³/mol. The standard InChI is InChI=1S/C6H15NO3.C4H11NO2.H2O/c8-4-1-7(2-5-9)3-6-10;6-3-1-5-2-4-7;/h8-10H,1-6H2;5-7H,1-4H2;1H2. The smallest absolute Gasteiger partial charge is 0.0558 e. The summed E-state index contributed by atoms with van der Waals surface area (Å²) in [6.45, 7) is 3.17. The molecule has 114 valence electrons. The van der Waals surface area contributed by atoms with Gasteiger partial charge in [-0.1, -0.05) is 0 Å². The minimum atomic E-state index is 0. The molecule has 0 aromatic heterocycles. The number of aliphatic hydroxyl groups excluding tert-OH is 5. The van der Waals surface area contributed by atoms with E-state index in [4.69, 9.17) is 25.5 Å². The van der Waals surface area contributed by atoms with Crippen molar-refractivity contribution in [3.8, 4) is 0 Å². The summed E-state index contributed by atoms with van der Waals surface area (Å²) >= 11 is 0. The zero-order valence-electron chi connectivity index (χ0n) is 10.8. The average molecular weight is 272 g/mol. The molecule has 0 amide bonds. The van der Waals surface area contributed by atoms with Crippen LogP contribution in [-0.4, -0.2) is 102 Å². The average Bonchev–Trinajstić information content (AvgIpc) is 2.32. The molecule has 18 heavy (non-hydrogen) atoms. The van der Waals surface area contributed by atoms with Crippen LogP contribution >= 0.6 is 0 Å². The van der Waals surface area contributed by atoms with Crippen LogP contribution in [0.1, 0.15) is 0 Å². The zero-order chi connectivity index (χ0) is 13.4. The van der Waals surface area contributed by atoms with E-state index in [1.54, 1.807) is 4.90 Å². The molecule has 0 aliphatic heterocycles. The molecule has 0 aromatic rings. The SMILES string of the molecule is O.OCCN(CCO)CCO.OCCNCCO. The van der Waals surface area contributed by atoms with Gasteiger partial charge in [0.25, 0.3) is 0 Å². The fourth-order valence-electron chi connectivity index (χ4n) is 1.04. The molecule has 0 radical (unpaired) electrons. The van der Waals surface area contributed by atoms with E-state index in [1.165, 1.54) is 0 Å². The molecule has 0 atom stereocenters. The van der Waals surface area contributed by atoms with E-state index < -0.39 is 0 Å². The van der Waals surface area contributed by atoms with Gasteiger partial charge in [0.15, 0.2) is 0 Å². The molecule has 0 saturated heterocycles. The molecule has 0 aromatic carbocycles. The first-order chi connectivity index (χ1) is 8.26. The number of aliphatic hydroxyl groups is 5. The van der Waals surface area contributed by atoms with Gasteiger partial charge in [-0.05, 0) is 0 Å². The van der Waals surface area contributed by atoms with Crippen molar-refractivity contribution in [3.63, 3.8) is 0 Å². The molecule has 0 rings (SSSR count).